The molecule has 26 heavy (non-hydrogen) atoms. The van der Waals surface area contributed by atoms with Crippen molar-refractivity contribution < 1.29 is 9.53 Å². The van der Waals surface area contributed by atoms with E-state index in [1.165, 1.54) is 0 Å². The average molecular weight is 356 g/mol. The summed E-state index contributed by atoms with van der Waals surface area (Å²) in [4.78, 5) is 19.9. The summed E-state index contributed by atoms with van der Waals surface area (Å²) in [7, 11) is 0. The van der Waals surface area contributed by atoms with Gasteiger partial charge in [-0.1, -0.05) is 0 Å². The number of nitrogens with zero attached hydrogens (tertiary/aromatic N) is 5. The normalized spacial score (nSPS) is 14.5. The van der Waals surface area contributed by atoms with Crippen LogP contribution in [-0.4, -0.2) is 58.3 Å². The maximum absolute atomic E-state index is 11.4. The Morgan fingerprint density at radius 1 is 1.15 bits per heavy atom. The van der Waals surface area contributed by atoms with E-state index in [1.54, 1.807) is 13.1 Å². The summed E-state index contributed by atoms with van der Waals surface area (Å²) in [5.74, 6) is 2.12. The van der Waals surface area contributed by atoms with E-state index in [1.807, 2.05) is 43.0 Å². The van der Waals surface area contributed by atoms with Crippen molar-refractivity contribution in [3.05, 3.63) is 30.5 Å². The zero-order valence-electron chi connectivity index (χ0n) is 15.3. The first-order valence-corrected chi connectivity index (χ1v) is 8.75. The smallest absolute Gasteiger partial charge is 0.249 e. The Morgan fingerprint density at radius 2 is 1.85 bits per heavy atom. The van der Waals surface area contributed by atoms with Crippen molar-refractivity contribution in [2.24, 2.45) is 0 Å². The molecule has 1 aromatic heterocycles. The Labute approximate surface area is 153 Å². The molecule has 0 atom stereocenters. The van der Waals surface area contributed by atoms with E-state index < -0.39 is 0 Å². The number of ether oxygens (including phenoxy) is 1. The summed E-state index contributed by atoms with van der Waals surface area (Å²) in [6, 6.07) is 7.64. The van der Waals surface area contributed by atoms with E-state index in [0.717, 1.165) is 30.3 Å². The monoisotopic (exact) mass is 356 g/mol. The number of carbonyl (C=O) groups is 1. The molecule has 0 spiro atoms. The van der Waals surface area contributed by atoms with Crippen molar-refractivity contribution in [1.29, 1.82) is 0 Å². The lowest BCUT2D eigenvalue weighted by Gasteiger charge is -2.34. The molecule has 0 bridgehead atoms. The summed E-state index contributed by atoms with van der Waals surface area (Å²) in [5.41, 5.74) is 0.862. The summed E-state index contributed by atoms with van der Waals surface area (Å²) in [6.45, 7) is 8.44. The van der Waals surface area contributed by atoms with Crippen molar-refractivity contribution in [2.75, 3.05) is 36.4 Å². The van der Waals surface area contributed by atoms with Gasteiger partial charge in [0.15, 0.2) is 5.82 Å². The van der Waals surface area contributed by atoms with Crippen LogP contribution in [0.2, 0.25) is 0 Å². The number of hydrogen-bond acceptors (Lipinski definition) is 7. The highest BCUT2D eigenvalue weighted by Crippen LogP contribution is 2.20. The number of hydrogen-bond donors (Lipinski definition) is 1. The van der Waals surface area contributed by atoms with Gasteiger partial charge in [-0.15, -0.1) is 5.10 Å². The second kappa shape index (κ2) is 7.99. The summed E-state index contributed by atoms with van der Waals surface area (Å²) >= 11 is 0. The predicted octanol–water partition coefficient (Wildman–Crippen LogP) is 2.07. The molecule has 2 aromatic rings. The topological polar surface area (TPSA) is 83.5 Å². The number of carbonyl (C=O) groups excluding carboxylic acids is 1. The molecule has 3 rings (SSSR count). The van der Waals surface area contributed by atoms with E-state index in [9.17, 15) is 4.79 Å². The molecule has 2 heterocycles. The minimum Gasteiger partial charge on any atom is -0.491 e. The highest BCUT2D eigenvalue weighted by molar-refractivity contribution is 5.73. The number of aromatic nitrogens is 3. The van der Waals surface area contributed by atoms with Gasteiger partial charge >= 0.3 is 0 Å². The van der Waals surface area contributed by atoms with E-state index in [4.69, 9.17) is 4.74 Å². The van der Waals surface area contributed by atoms with Crippen LogP contribution in [-0.2, 0) is 4.79 Å². The zero-order valence-corrected chi connectivity index (χ0v) is 15.3. The van der Waals surface area contributed by atoms with E-state index >= 15 is 0 Å². The van der Waals surface area contributed by atoms with Gasteiger partial charge in [0.2, 0.25) is 11.9 Å². The van der Waals surface area contributed by atoms with Gasteiger partial charge in [-0.25, -0.2) is 0 Å². The zero-order chi connectivity index (χ0) is 18.5. The molecule has 1 amide bonds. The lowest BCUT2D eigenvalue weighted by atomic mass is 10.3. The fourth-order valence-corrected chi connectivity index (χ4v) is 2.77. The van der Waals surface area contributed by atoms with Gasteiger partial charge in [0.1, 0.15) is 5.75 Å². The number of amides is 1. The molecule has 0 unspecified atom stereocenters. The van der Waals surface area contributed by atoms with Crippen molar-refractivity contribution in [3.63, 3.8) is 0 Å². The van der Waals surface area contributed by atoms with Crippen LogP contribution >= 0.6 is 0 Å². The number of rotatable bonds is 5. The molecule has 1 aliphatic heterocycles. The van der Waals surface area contributed by atoms with Gasteiger partial charge < -0.3 is 19.9 Å². The van der Waals surface area contributed by atoms with Crippen LogP contribution in [0.5, 0.6) is 5.75 Å². The minimum atomic E-state index is 0.109. The quantitative estimate of drug-likeness (QED) is 0.878. The third-order valence-corrected chi connectivity index (χ3v) is 4.08. The molecule has 1 aliphatic rings. The minimum absolute atomic E-state index is 0.109. The largest absolute Gasteiger partial charge is 0.491 e. The molecular formula is C18H24N6O2. The van der Waals surface area contributed by atoms with Crippen molar-refractivity contribution in [2.45, 2.75) is 26.9 Å². The van der Waals surface area contributed by atoms with Crippen molar-refractivity contribution in [3.8, 4) is 5.75 Å². The van der Waals surface area contributed by atoms with E-state index in [-0.39, 0.29) is 12.0 Å². The van der Waals surface area contributed by atoms with Crippen molar-refractivity contribution in [1.82, 2.24) is 20.1 Å². The highest BCUT2D eigenvalue weighted by atomic mass is 16.5. The molecule has 0 aliphatic carbocycles. The van der Waals surface area contributed by atoms with Crippen LogP contribution in [0, 0.1) is 0 Å². The van der Waals surface area contributed by atoms with Crippen LogP contribution in [0.15, 0.2) is 30.5 Å². The van der Waals surface area contributed by atoms with Gasteiger partial charge in [-0.2, -0.15) is 10.1 Å². The first-order valence-electron chi connectivity index (χ1n) is 8.75. The molecule has 1 saturated heterocycles. The van der Waals surface area contributed by atoms with Crippen LogP contribution in [0.25, 0.3) is 0 Å². The van der Waals surface area contributed by atoms with Crippen LogP contribution in [0.1, 0.15) is 20.8 Å². The van der Waals surface area contributed by atoms with Gasteiger partial charge in [0, 0.05) is 38.8 Å². The van der Waals surface area contributed by atoms with Crippen molar-refractivity contribution >= 4 is 23.4 Å². The first kappa shape index (κ1) is 17.9. The second-order valence-corrected chi connectivity index (χ2v) is 6.45. The number of benzene rings is 1. The standard InChI is InChI=1S/C18H24N6O2/c1-13(2)26-16-6-4-15(5-7-16)20-18-21-17(12-19-22-18)24-10-8-23(9-11-24)14(3)25/h4-7,12-13H,8-11H2,1-3H3,(H,20,21,22). The van der Waals surface area contributed by atoms with Gasteiger partial charge in [-0.3, -0.25) is 4.79 Å². The van der Waals surface area contributed by atoms with Gasteiger partial charge in [0.25, 0.3) is 0 Å². The molecular weight excluding hydrogens is 332 g/mol. The Kier molecular flexibility index (Phi) is 5.50. The SMILES string of the molecule is CC(=O)N1CCN(c2cnnc(Nc3ccc(OC(C)C)cc3)n2)CC1. The van der Waals surface area contributed by atoms with E-state index in [0.29, 0.717) is 19.0 Å². The van der Waals surface area contributed by atoms with Crippen LogP contribution < -0.4 is 15.0 Å². The lowest BCUT2D eigenvalue weighted by Crippen LogP contribution is -2.48. The molecule has 1 N–H and O–H groups in total. The molecule has 1 fully saturated rings. The van der Waals surface area contributed by atoms with Gasteiger partial charge in [0.05, 0.1) is 12.3 Å². The second-order valence-electron chi connectivity index (χ2n) is 6.45. The third-order valence-electron chi connectivity index (χ3n) is 4.08. The maximum atomic E-state index is 11.4. The Hall–Kier alpha value is -2.90. The predicted molar refractivity (Wildman–Crippen MR) is 99.8 cm³/mol. The number of piperazine rings is 1. The van der Waals surface area contributed by atoms with E-state index in [2.05, 4.69) is 25.4 Å². The Morgan fingerprint density at radius 3 is 2.46 bits per heavy atom. The lowest BCUT2D eigenvalue weighted by molar-refractivity contribution is -0.129. The summed E-state index contributed by atoms with van der Waals surface area (Å²) in [6.07, 6.45) is 1.79. The van der Waals surface area contributed by atoms with Gasteiger partial charge in [-0.05, 0) is 38.1 Å². The maximum Gasteiger partial charge on any atom is 0.249 e. The molecule has 138 valence electrons. The fraction of sp³-hybridized carbons (Fsp3) is 0.444. The highest BCUT2D eigenvalue weighted by Gasteiger charge is 2.20. The average Bonchev–Trinajstić information content (AvgIpc) is 2.63. The Balaban J connectivity index is 1.63. The van der Waals surface area contributed by atoms with Crippen LogP contribution in [0.4, 0.5) is 17.5 Å². The molecule has 0 radical (unpaired) electrons. The number of nitrogens with one attached hydrogen (secondary N) is 1. The molecule has 0 saturated carbocycles. The molecule has 8 nitrogen and oxygen atoms in total. The summed E-state index contributed by atoms with van der Waals surface area (Å²) < 4.78 is 5.64. The van der Waals surface area contributed by atoms with Crippen LogP contribution in [0.3, 0.4) is 0 Å². The third kappa shape index (κ3) is 4.59. The number of anilines is 3. The Bertz CT molecular complexity index is 742. The molecule has 1 aromatic carbocycles. The fourth-order valence-electron chi connectivity index (χ4n) is 2.77. The first-order chi connectivity index (χ1) is 12.5. The molecule has 8 heteroatoms. The summed E-state index contributed by atoms with van der Waals surface area (Å²) in [5, 5.41) is 11.3.